The number of rotatable bonds is 8. The summed E-state index contributed by atoms with van der Waals surface area (Å²) < 4.78 is 5.77. The van der Waals surface area contributed by atoms with E-state index in [1.165, 1.54) is 16.3 Å². The van der Waals surface area contributed by atoms with Crippen LogP contribution in [0, 0.1) is 0 Å². The van der Waals surface area contributed by atoms with Gasteiger partial charge < -0.3 is 10.1 Å². The van der Waals surface area contributed by atoms with Gasteiger partial charge in [-0.05, 0) is 41.3 Å². The number of fused-ring (bicyclic) bond motifs is 1. The Labute approximate surface area is 144 Å². The van der Waals surface area contributed by atoms with E-state index in [2.05, 4.69) is 66.8 Å². The fourth-order valence-electron chi connectivity index (χ4n) is 2.88. The van der Waals surface area contributed by atoms with Gasteiger partial charge in [-0.3, -0.25) is 0 Å². The molecule has 2 heteroatoms. The molecule has 3 rings (SSSR count). The summed E-state index contributed by atoms with van der Waals surface area (Å²) in [7, 11) is 0. The van der Waals surface area contributed by atoms with Crippen molar-refractivity contribution >= 4 is 16.5 Å². The van der Waals surface area contributed by atoms with Gasteiger partial charge >= 0.3 is 0 Å². The summed E-state index contributed by atoms with van der Waals surface area (Å²) in [6, 6.07) is 23.3. The maximum atomic E-state index is 5.77. The lowest BCUT2D eigenvalue weighted by molar-refractivity contribution is 0.309. The second-order valence-corrected chi connectivity index (χ2v) is 6.04. The Morgan fingerprint density at radius 3 is 2.67 bits per heavy atom. The predicted octanol–water partition coefficient (Wildman–Crippen LogP) is 5.67. The number of ether oxygens (including phenoxy) is 1. The van der Waals surface area contributed by atoms with Crippen LogP contribution in [0.5, 0.6) is 5.75 Å². The Hall–Kier alpha value is -2.48. The molecule has 0 bridgehead atoms. The highest BCUT2D eigenvalue weighted by Crippen LogP contribution is 2.20. The van der Waals surface area contributed by atoms with E-state index in [4.69, 9.17) is 4.74 Å². The third-order valence-corrected chi connectivity index (χ3v) is 4.20. The van der Waals surface area contributed by atoms with Gasteiger partial charge in [0.05, 0.1) is 6.61 Å². The van der Waals surface area contributed by atoms with Crippen LogP contribution >= 0.6 is 0 Å². The fraction of sp³-hybridized carbons (Fsp3) is 0.273. The van der Waals surface area contributed by atoms with Crippen LogP contribution in [0.25, 0.3) is 10.8 Å². The zero-order chi connectivity index (χ0) is 16.6. The Morgan fingerprint density at radius 2 is 1.75 bits per heavy atom. The highest BCUT2D eigenvalue weighted by molar-refractivity contribution is 5.85. The molecule has 3 aromatic carbocycles. The molecule has 0 spiro atoms. The Kier molecular flexibility index (Phi) is 5.73. The largest absolute Gasteiger partial charge is 0.494 e. The first-order valence-electron chi connectivity index (χ1n) is 8.80. The first-order chi connectivity index (χ1) is 11.9. The topological polar surface area (TPSA) is 21.3 Å². The van der Waals surface area contributed by atoms with Crippen molar-refractivity contribution in [3.05, 3.63) is 72.3 Å². The van der Waals surface area contributed by atoms with Crippen molar-refractivity contribution in [3.8, 4) is 5.75 Å². The maximum absolute atomic E-state index is 5.77. The van der Waals surface area contributed by atoms with Gasteiger partial charge in [-0.15, -0.1) is 0 Å². The molecule has 124 valence electrons. The molecule has 0 aliphatic heterocycles. The smallest absolute Gasteiger partial charge is 0.121 e. The van der Waals surface area contributed by atoms with Crippen molar-refractivity contribution in [2.75, 3.05) is 18.5 Å². The van der Waals surface area contributed by atoms with Gasteiger partial charge in [-0.1, -0.05) is 61.9 Å². The van der Waals surface area contributed by atoms with Gasteiger partial charge in [-0.25, -0.2) is 0 Å². The lowest BCUT2D eigenvalue weighted by Gasteiger charge is -2.11. The van der Waals surface area contributed by atoms with Crippen molar-refractivity contribution in [1.29, 1.82) is 0 Å². The molecule has 0 atom stereocenters. The molecule has 0 heterocycles. The van der Waals surface area contributed by atoms with E-state index < -0.39 is 0 Å². The molecule has 0 radical (unpaired) electrons. The van der Waals surface area contributed by atoms with Crippen molar-refractivity contribution in [2.45, 2.75) is 26.2 Å². The zero-order valence-corrected chi connectivity index (χ0v) is 14.3. The van der Waals surface area contributed by atoms with Gasteiger partial charge in [0.15, 0.2) is 0 Å². The van der Waals surface area contributed by atoms with Crippen LogP contribution in [0.2, 0.25) is 0 Å². The van der Waals surface area contributed by atoms with Gasteiger partial charge in [0.1, 0.15) is 5.75 Å². The number of unbranched alkanes of at least 4 members (excludes halogenated alkanes) is 1. The van der Waals surface area contributed by atoms with E-state index in [0.29, 0.717) is 0 Å². The minimum absolute atomic E-state index is 0.788. The third kappa shape index (κ3) is 4.29. The van der Waals surface area contributed by atoms with E-state index in [0.717, 1.165) is 43.9 Å². The first kappa shape index (κ1) is 16.4. The number of hydrogen-bond acceptors (Lipinski definition) is 2. The summed E-state index contributed by atoms with van der Waals surface area (Å²) in [5.41, 5.74) is 2.50. The van der Waals surface area contributed by atoms with Crippen LogP contribution in [-0.4, -0.2) is 13.2 Å². The number of hydrogen-bond donors (Lipinski definition) is 1. The third-order valence-electron chi connectivity index (χ3n) is 4.20. The summed E-state index contributed by atoms with van der Waals surface area (Å²) >= 11 is 0. The molecule has 0 amide bonds. The van der Waals surface area contributed by atoms with Crippen LogP contribution in [0.3, 0.4) is 0 Å². The van der Waals surface area contributed by atoms with E-state index in [9.17, 15) is 0 Å². The fourth-order valence-corrected chi connectivity index (χ4v) is 2.88. The monoisotopic (exact) mass is 319 g/mol. The Morgan fingerprint density at radius 1 is 0.917 bits per heavy atom. The Balaban J connectivity index is 1.59. The molecular formula is C22H25NO. The van der Waals surface area contributed by atoms with Crippen molar-refractivity contribution in [1.82, 2.24) is 0 Å². The minimum Gasteiger partial charge on any atom is -0.494 e. The van der Waals surface area contributed by atoms with Crippen molar-refractivity contribution < 1.29 is 4.74 Å². The zero-order valence-electron chi connectivity index (χ0n) is 14.3. The van der Waals surface area contributed by atoms with Gasteiger partial charge in [0.2, 0.25) is 0 Å². The summed E-state index contributed by atoms with van der Waals surface area (Å²) in [5.74, 6) is 0.943. The maximum Gasteiger partial charge on any atom is 0.121 e. The number of nitrogens with one attached hydrogen (secondary N) is 1. The van der Waals surface area contributed by atoms with E-state index in [1.807, 2.05) is 12.1 Å². The van der Waals surface area contributed by atoms with Crippen molar-refractivity contribution in [2.24, 2.45) is 0 Å². The molecule has 0 saturated heterocycles. The molecule has 0 aromatic heterocycles. The average Bonchev–Trinajstić information content (AvgIpc) is 2.63. The molecular weight excluding hydrogens is 294 g/mol. The number of benzene rings is 3. The van der Waals surface area contributed by atoms with Crippen LogP contribution in [0.1, 0.15) is 25.3 Å². The molecule has 2 nitrogen and oxygen atoms in total. The molecule has 0 aliphatic carbocycles. The molecule has 3 aromatic rings. The summed E-state index contributed by atoms with van der Waals surface area (Å²) in [5, 5.41) is 6.16. The summed E-state index contributed by atoms with van der Waals surface area (Å²) in [6.07, 6.45) is 3.25. The summed E-state index contributed by atoms with van der Waals surface area (Å²) in [6.45, 7) is 3.87. The lowest BCUT2D eigenvalue weighted by atomic mass is 10.0. The standard InChI is InChI=1S/C22H25NO/c1-2-3-16-24-21-12-7-11-20(17-21)23-15-14-19-10-6-9-18-8-4-5-13-22(18)19/h4-13,17,23H,2-3,14-16H2,1H3. The van der Waals surface area contributed by atoms with E-state index in [-0.39, 0.29) is 0 Å². The van der Waals surface area contributed by atoms with Crippen LogP contribution in [-0.2, 0) is 6.42 Å². The normalized spacial score (nSPS) is 10.7. The highest BCUT2D eigenvalue weighted by Gasteiger charge is 2.01. The van der Waals surface area contributed by atoms with Crippen LogP contribution in [0.4, 0.5) is 5.69 Å². The molecule has 0 aliphatic rings. The second kappa shape index (κ2) is 8.39. The average molecular weight is 319 g/mol. The molecule has 24 heavy (non-hydrogen) atoms. The summed E-state index contributed by atoms with van der Waals surface area (Å²) in [4.78, 5) is 0. The van der Waals surface area contributed by atoms with Crippen LogP contribution < -0.4 is 10.1 Å². The van der Waals surface area contributed by atoms with E-state index >= 15 is 0 Å². The lowest BCUT2D eigenvalue weighted by Crippen LogP contribution is -2.05. The number of anilines is 1. The minimum atomic E-state index is 0.788. The molecule has 1 N–H and O–H groups in total. The molecule has 0 saturated carbocycles. The van der Waals surface area contributed by atoms with Gasteiger partial charge in [0.25, 0.3) is 0 Å². The van der Waals surface area contributed by atoms with E-state index in [1.54, 1.807) is 0 Å². The Bertz CT molecular complexity index is 776. The SMILES string of the molecule is CCCCOc1cccc(NCCc2cccc3ccccc23)c1. The second-order valence-electron chi connectivity index (χ2n) is 6.04. The van der Waals surface area contributed by atoms with Crippen LogP contribution in [0.15, 0.2) is 66.7 Å². The predicted molar refractivity (Wildman–Crippen MR) is 103 cm³/mol. The molecule has 0 unspecified atom stereocenters. The highest BCUT2D eigenvalue weighted by atomic mass is 16.5. The quantitative estimate of drug-likeness (QED) is 0.540. The van der Waals surface area contributed by atoms with Gasteiger partial charge in [-0.2, -0.15) is 0 Å². The first-order valence-corrected chi connectivity index (χ1v) is 8.80. The van der Waals surface area contributed by atoms with Crippen molar-refractivity contribution in [3.63, 3.8) is 0 Å². The van der Waals surface area contributed by atoms with Gasteiger partial charge in [0, 0.05) is 18.3 Å². The molecule has 0 fully saturated rings.